The number of carbonyl (C=O) groups excluding carboxylic acids is 1. The second-order valence-corrected chi connectivity index (χ2v) is 4.34. The van der Waals surface area contributed by atoms with Crippen molar-refractivity contribution in [2.45, 2.75) is 32.6 Å². The van der Waals surface area contributed by atoms with Gasteiger partial charge in [0.2, 0.25) is 5.91 Å². The highest BCUT2D eigenvalue weighted by Crippen LogP contribution is 2.30. The summed E-state index contributed by atoms with van der Waals surface area (Å²) in [6.45, 7) is 3.77. The van der Waals surface area contributed by atoms with Crippen LogP contribution in [-0.4, -0.2) is 18.5 Å². The van der Waals surface area contributed by atoms with Gasteiger partial charge in [0.15, 0.2) is 0 Å². The van der Waals surface area contributed by atoms with Crippen molar-refractivity contribution in [2.24, 2.45) is 0 Å². The fourth-order valence-electron chi connectivity index (χ4n) is 1.61. The van der Waals surface area contributed by atoms with Crippen molar-refractivity contribution in [1.82, 2.24) is 10.6 Å². The van der Waals surface area contributed by atoms with Crippen LogP contribution >= 0.6 is 0 Å². The number of rotatable bonds is 5. The molecule has 0 aliphatic heterocycles. The van der Waals surface area contributed by atoms with Gasteiger partial charge < -0.3 is 10.6 Å². The van der Waals surface area contributed by atoms with Gasteiger partial charge in [-0.3, -0.25) is 4.79 Å². The summed E-state index contributed by atoms with van der Waals surface area (Å²) in [7, 11) is 0. The average molecular weight is 292 g/mol. The summed E-state index contributed by atoms with van der Waals surface area (Å²) in [6.07, 6.45) is -4.60. The maximum Gasteiger partial charge on any atom is 0.416 e. The number of halogens is 4. The summed E-state index contributed by atoms with van der Waals surface area (Å²) in [5.41, 5.74) is -0.909. The Kier molecular flexibility index (Phi) is 5.50. The van der Waals surface area contributed by atoms with Gasteiger partial charge in [-0.25, -0.2) is 4.39 Å². The highest BCUT2D eigenvalue weighted by Gasteiger charge is 2.31. The van der Waals surface area contributed by atoms with E-state index in [1.165, 1.54) is 0 Å². The lowest BCUT2D eigenvalue weighted by atomic mass is 10.1. The summed E-state index contributed by atoms with van der Waals surface area (Å²) in [5.74, 6) is -1.22. The number of hydrogen-bond acceptors (Lipinski definition) is 2. The minimum absolute atomic E-state index is 0.0286. The molecule has 1 rings (SSSR count). The fourth-order valence-corrected chi connectivity index (χ4v) is 1.61. The van der Waals surface area contributed by atoms with Gasteiger partial charge in [-0.1, -0.05) is 0 Å². The summed E-state index contributed by atoms with van der Waals surface area (Å²) < 4.78 is 50.7. The molecule has 0 aromatic heterocycles. The number of benzene rings is 1. The van der Waals surface area contributed by atoms with E-state index in [9.17, 15) is 22.4 Å². The summed E-state index contributed by atoms with van der Waals surface area (Å²) in [6, 6.07) is 1.73. The number of amides is 1. The smallest absolute Gasteiger partial charge is 0.355 e. The lowest BCUT2D eigenvalue weighted by molar-refractivity contribution is -0.137. The predicted molar refractivity (Wildman–Crippen MR) is 66.4 cm³/mol. The summed E-state index contributed by atoms with van der Waals surface area (Å²) in [4.78, 5) is 11.4. The SMILES string of the molecule is CCNC(=O)C(C)NCc1cc(F)cc(C(F)(F)F)c1. The van der Waals surface area contributed by atoms with E-state index in [2.05, 4.69) is 10.6 Å². The van der Waals surface area contributed by atoms with Gasteiger partial charge in [-0.15, -0.1) is 0 Å². The first-order chi connectivity index (χ1) is 9.24. The van der Waals surface area contributed by atoms with Crippen LogP contribution in [-0.2, 0) is 17.5 Å². The van der Waals surface area contributed by atoms with Crippen LogP contribution in [0.1, 0.15) is 25.0 Å². The van der Waals surface area contributed by atoms with Gasteiger partial charge in [0.1, 0.15) is 5.82 Å². The first-order valence-corrected chi connectivity index (χ1v) is 6.11. The molecule has 0 bridgehead atoms. The molecule has 0 saturated heterocycles. The monoisotopic (exact) mass is 292 g/mol. The van der Waals surface area contributed by atoms with E-state index in [0.717, 1.165) is 12.1 Å². The molecule has 1 aromatic rings. The van der Waals surface area contributed by atoms with Crippen LogP contribution < -0.4 is 10.6 Å². The molecule has 2 N–H and O–H groups in total. The number of carbonyl (C=O) groups is 1. The predicted octanol–water partition coefficient (Wildman–Crippen LogP) is 2.46. The maximum atomic E-state index is 13.2. The number of alkyl halides is 3. The Hall–Kier alpha value is -1.63. The Labute approximate surface area is 114 Å². The third-order valence-corrected chi connectivity index (χ3v) is 2.64. The minimum atomic E-state index is -4.60. The van der Waals surface area contributed by atoms with Crippen molar-refractivity contribution in [3.63, 3.8) is 0 Å². The molecule has 1 amide bonds. The lowest BCUT2D eigenvalue weighted by Gasteiger charge is -2.14. The highest BCUT2D eigenvalue weighted by molar-refractivity contribution is 5.81. The van der Waals surface area contributed by atoms with Crippen LogP contribution in [0, 0.1) is 5.82 Å². The molecule has 1 aromatic carbocycles. The minimum Gasteiger partial charge on any atom is -0.355 e. The van der Waals surface area contributed by atoms with Crippen LogP contribution in [0.25, 0.3) is 0 Å². The Morgan fingerprint density at radius 1 is 1.30 bits per heavy atom. The third kappa shape index (κ3) is 4.80. The van der Waals surface area contributed by atoms with E-state index in [-0.39, 0.29) is 18.0 Å². The second kappa shape index (κ2) is 6.69. The van der Waals surface area contributed by atoms with E-state index in [0.29, 0.717) is 12.6 Å². The molecule has 0 heterocycles. The normalized spacial score (nSPS) is 13.1. The second-order valence-electron chi connectivity index (χ2n) is 4.34. The van der Waals surface area contributed by atoms with Gasteiger partial charge in [-0.2, -0.15) is 13.2 Å². The molecule has 0 radical (unpaired) electrons. The highest BCUT2D eigenvalue weighted by atomic mass is 19.4. The third-order valence-electron chi connectivity index (χ3n) is 2.64. The molecule has 0 fully saturated rings. The van der Waals surface area contributed by atoms with Gasteiger partial charge in [-0.05, 0) is 37.6 Å². The van der Waals surface area contributed by atoms with E-state index in [4.69, 9.17) is 0 Å². The topological polar surface area (TPSA) is 41.1 Å². The zero-order chi connectivity index (χ0) is 15.3. The molecule has 20 heavy (non-hydrogen) atoms. The molecule has 1 unspecified atom stereocenters. The van der Waals surface area contributed by atoms with Crippen LogP contribution in [0.2, 0.25) is 0 Å². The van der Waals surface area contributed by atoms with Crippen molar-refractivity contribution < 1.29 is 22.4 Å². The summed E-state index contributed by atoms with van der Waals surface area (Å²) >= 11 is 0. The number of hydrogen-bond donors (Lipinski definition) is 2. The zero-order valence-electron chi connectivity index (χ0n) is 11.1. The molecule has 0 aliphatic carbocycles. The average Bonchev–Trinajstić information content (AvgIpc) is 2.34. The molecule has 1 atom stereocenters. The zero-order valence-corrected chi connectivity index (χ0v) is 11.1. The quantitative estimate of drug-likeness (QED) is 0.819. The molecule has 3 nitrogen and oxygen atoms in total. The van der Waals surface area contributed by atoms with Gasteiger partial charge in [0.25, 0.3) is 0 Å². The van der Waals surface area contributed by atoms with Gasteiger partial charge in [0, 0.05) is 13.1 Å². The van der Waals surface area contributed by atoms with Crippen LogP contribution in [0.5, 0.6) is 0 Å². The van der Waals surface area contributed by atoms with E-state index in [1.807, 2.05) is 0 Å². The molecular formula is C13H16F4N2O. The van der Waals surface area contributed by atoms with Crippen molar-refractivity contribution in [3.8, 4) is 0 Å². The van der Waals surface area contributed by atoms with Crippen molar-refractivity contribution in [2.75, 3.05) is 6.54 Å². The Balaban J connectivity index is 2.74. The fraction of sp³-hybridized carbons (Fsp3) is 0.462. The summed E-state index contributed by atoms with van der Waals surface area (Å²) in [5, 5.41) is 5.32. The molecule has 0 aliphatic rings. The number of likely N-dealkylation sites (N-methyl/N-ethyl adjacent to an activating group) is 1. The van der Waals surface area contributed by atoms with Gasteiger partial charge >= 0.3 is 6.18 Å². The van der Waals surface area contributed by atoms with Gasteiger partial charge in [0.05, 0.1) is 11.6 Å². The van der Waals surface area contributed by atoms with Crippen molar-refractivity contribution in [1.29, 1.82) is 0 Å². The molecule has 7 heteroatoms. The Morgan fingerprint density at radius 2 is 1.95 bits per heavy atom. The number of nitrogens with one attached hydrogen (secondary N) is 2. The largest absolute Gasteiger partial charge is 0.416 e. The lowest BCUT2D eigenvalue weighted by Crippen LogP contribution is -2.41. The first kappa shape index (κ1) is 16.4. The van der Waals surface area contributed by atoms with Crippen molar-refractivity contribution in [3.05, 3.63) is 35.1 Å². The van der Waals surface area contributed by atoms with Crippen molar-refractivity contribution >= 4 is 5.91 Å². The van der Waals surface area contributed by atoms with E-state index < -0.39 is 23.6 Å². The maximum absolute atomic E-state index is 13.2. The molecule has 112 valence electrons. The molecule has 0 saturated carbocycles. The standard InChI is InChI=1S/C13H16F4N2O/c1-3-18-12(20)8(2)19-7-9-4-10(13(15,16)17)6-11(14)5-9/h4-6,8,19H,3,7H2,1-2H3,(H,18,20). The Bertz CT molecular complexity index is 474. The van der Waals surface area contributed by atoms with E-state index in [1.54, 1.807) is 13.8 Å². The first-order valence-electron chi connectivity index (χ1n) is 6.11. The van der Waals surface area contributed by atoms with Crippen LogP contribution in [0.15, 0.2) is 18.2 Å². The molecular weight excluding hydrogens is 276 g/mol. The molecule has 0 spiro atoms. The van der Waals surface area contributed by atoms with Crippen LogP contribution in [0.4, 0.5) is 17.6 Å². The Morgan fingerprint density at radius 3 is 2.50 bits per heavy atom. The van der Waals surface area contributed by atoms with Crippen LogP contribution in [0.3, 0.4) is 0 Å². The van der Waals surface area contributed by atoms with E-state index >= 15 is 0 Å².